The molecule has 0 amide bonds. The third kappa shape index (κ3) is 4.80. The lowest BCUT2D eigenvalue weighted by Gasteiger charge is -2.16. The Morgan fingerprint density at radius 1 is 1.06 bits per heavy atom. The third-order valence-electron chi connectivity index (χ3n) is 5.30. The molecule has 0 radical (unpaired) electrons. The summed E-state index contributed by atoms with van der Waals surface area (Å²) in [4.78, 5) is 30.7. The maximum atomic E-state index is 13.5. The summed E-state index contributed by atoms with van der Waals surface area (Å²) in [6, 6.07) is 14.1. The summed E-state index contributed by atoms with van der Waals surface area (Å²) in [6.07, 6.45) is 2.06. The summed E-state index contributed by atoms with van der Waals surface area (Å²) in [5.74, 6) is 0.710. The number of aliphatic hydroxyl groups is 1. The minimum Gasteiger partial charge on any atom is -0.439 e. The molecule has 0 unspecified atom stereocenters. The van der Waals surface area contributed by atoms with Crippen molar-refractivity contribution in [1.29, 1.82) is 0 Å². The average molecular weight is 486 g/mol. The van der Waals surface area contributed by atoms with Crippen molar-refractivity contribution < 1.29 is 9.84 Å². The molecule has 0 saturated heterocycles. The quantitative estimate of drug-likeness (QED) is 0.424. The molecule has 2 aromatic heterocycles. The first kappa shape index (κ1) is 23.0. The van der Waals surface area contributed by atoms with Crippen molar-refractivity contribution in [2.75, 3.05) is 6.61 Å². The van der Waals surface area contributed by atoms with Crippen LogP contribution in [0, 0.1) is 0 Å². The average Bonchev–Trinajstić information content (AvgIpc) is 2.80. The maximum absolute atomic E-state index is 13.5. The number of fused-ring (bicyclic) bond motifs is 1. The molecule has 0 atom stereocenters. The van der Waals surface area contributed by atoms with Crippen LogP contribution in [0.1, 0.15) is 17.5 Å². The van der Waals surface area contributed by atoms with E-state index in [0.717, 1.165) is 10.1 Å². The standard InChI is InChI=1S/C24H21Cl2N3O4/c1-28-20-14-27-22(33-18-5-2-4-17(26)13-18)19(12-15-6-8-16(25)9-7-15)21(20)23(31)29(24(28)32)10-3-11-30/h2,4-9,13-14,30H,3,10-12H2,1H3. The van der Waals surface area contributed by atoms with Crippen LogP contribution < -0.4 is 16.0 Å². The van der Waals surface area contributed by atoms with Gasteiger partial charge in [0.1, 0.15) is 5.75 Å². The highest BCUT2D eigenvalue weighted by atomic mass is 35.5. The molecule has 4 aromatic rings. The van der Waals surface area contributed by atoms with Crippen LogP contribution in [-0.2, 0) is 20.0 Å². The molecule has 9 heteroatoms. The summed E-state index contributed by atoms with van der Waals surface area (Å²) in [6.45, 7) is -0.0319. The van der Waals surface area contributed by atoms with Gasteiger partial charge in [0.25, 0.3) is 5.56 Å². The fraction of sp³-hybridized carbons (Fsp3) is 0.208. The molecule has 33 heavy (non-hydrogen) atoms. The summed E-state index contributed by atoms with van der Waals surface area (Å²) in [5.41, 5.74) is 0.896. The first-order valence-corrected chi connectivity index (χ1v) is 11.0. The Labute approximate surface area is 199 Å². The highest BCUT2D eigenvalue weighted by Gasteiger charge is 2.20. The largest absolute Gasteiger partial charge is 0.439 e. The first-order chi connectivity index (χ1) is 15.9. The zero-order valence-electron chi connectivity index (χ0n) is 17.8. The molecule has 0 saturated carbocycles. The molecule has 0 aliphatic carbocycles. The van der Waals surface area contributed by atoms with E-state index in [1.54, 1.807) is 43.4 Å². The van der Waals surface area contributed by atoms with Crippen molar-refractivity contribution in [1.82, 2.24) is 14.1 Å². The molecule has 0 aliphatic heterocycles. The minimum absolute atomic E-state index is 0.102. The first-order valence-electron chi connectivity index (χ1n) is 10.3. The smallest absolute Gasteiger partial charge is 0.331 e. The number of rotatable bonds is 7. The molecule has 4 rings (SSSR count). The molecule has 1 N–H and O–H groups in total. The van der Waals surface area contributed by atoms with Crippen LogP contribution in [-0.4, -0.2) is 25.8 Å². The van der Waals surface area contributed by atoms with Crippen LogP contribution in [0.15, 0.2) is 64.3 Å². The highest BCUT2D eigenvalue weighted by molar-refractivity contribution is 6.30. The van der Waals surface area contributed by atoms with Crippen LogP contribution in [0.4, 0.5) is 0 Å². The predicted molar refractivity (Wildman–Crippen MR) is 129 cm³/mol. The van der Waals surface area contributed by atoms with Gasteiger partial charge in [0, 0.05) is 42.2 Å². The van der Waals surface area contributed by atoms with Gasteiger partial charge in [-0.1, -0.05) is 41.4 Å². The van der Waals surface area contributed by atoms with Gasteiger partial charge in [-0.05, 0) is 42.3 Å². The number of halogens is 2. The van der Waals surface area contributed by atoms with Gasteiger partial charge in [-0.3, -0.25) is 13.9 Å². The molecule has 170 valence electrons. The number of nitrogens with zero attached hydrogens (tertiary/aromatic N) is 3. The van der Waals surface area contributed by atoms with Crippen molar-refractivity contribution in [2.24, 2.45) is 7.05 Å². The third-order valence-corrected chi connectivity index (χ3v) is 5.79. The second-order valence-corrected chi connectivity index (χ2v) is 8.41. The van der Waals surface area contributed by atoms with Crippen molar-refractivity contribution in [3.63, 3.8) is 0 Å². The fourth-order valence-corrected chi connectivity index (χ4v) is 3.96. The molecule has 2 aromatic carbocycles. The second-order valence-electron chi connectivity index (χ2n) is 7.54. The Morgan fingerprint density at radius 2 is 1.82 bits per heavy atom. The summed E-state index contributed by atoms with van der Waals surface area (Å²) in [7, 11) is 1.59. The Kier molecular flexibility index (Phi) is 6.83. The fourth-order valence-electron chi connectivity index (χ4n) is 3.65. The topological polar surface area (TPSA) is 86.3 Å². The lowest BCUT2D eigenvalue weighted by Crippen LogP contribution is -2.39. The lowest BCUT2D eigenvalue weighted by atomic mass is 10.0. The number of ether oxygens (including phenoxy) is 1. The number of aliphatic hydroxyl groups excluding tert-OH is 1. The zero-order valence-corrected chi connectivity index (χ0v) is 19.3. The molecule has 2 heterocycles. The van der Waals surface area contributed by atoms with Crippen LogP contribution >= 0.6 is 23.2 Å². The number of aromatic nitrogens is 3. The van der Waals surface area contributed by atoms with E-state index in [-0.39, 0.29) is 25.5 Å². The number of aryl methyl sites for hydroxylation is 1. The molecular formula is C24H21Cl2N3O4. The van der Waals surface area contributed by atoms with Crippen molar-refractivity contribution in [3.05, 3.63) is 96.7 Å². The van der Waals surface area contributed by atoms with Gasteiger partial charge in [-0.15, -0.1) is 0 Å². The molecular weight excluding hydrogens is 465 g/mol. The minimum atomic E-state index is -0.469. The van der Waals surface area contributed by atoms with Crippen molar-refractivity contribution >= 4 is 34.1 Å². The second kappa shape index (κ2) is 9.79. The molecule has 7 nitrogen and oxygen atoms in total. The summed E-state index contributed by atoms with van der Waals surface area (Å²) in [5, 5.41) is 10.6. The van der Waals surface area contributed by atoms with E-state index >= 15 is 0 Å². The Bertz CT molecular complexity index is 1430. The van der Waals surface area contributed by atoms with E-state index in [9.17, 15) is 14.7 Å². The molecule has 0 aliphatic rings. The lowest BCUT2D eigenvalue weighted by molar-refractivity contribution is 0.277. The van der Waals surface area contributed by atoms with Crippen molar-refractivity contribution in [3.8, 4) is 11.6 Å². The SMILES string of the molecule is Cn1c(=O)n(CCCO)c(=O)c2c(Cc3ccc(Cl)cc3)c(Oc3cccc(Cl)c3)ncc21. The zero-order chi connectivity index (χ0) is 23.5. The summed E-state index contributed by atoms with van der Waals surface area (Å²) < 4.78 is 8.56. The Balaban J connectivity index is 1.97. The predicted octanol–water partition coefficient (Wildman–Crippen LogP) is 4.17. The van der Waals surface area contributed by atoms with Gasteiger partial charge in [0.15, 0.2) is 0 Å². The van der Waals surface area contributed by atoms with E-state index in [1.165, 1.54) is 10.8 Å². The molecule has 0 bridgehead atoms. The summed E-state index contributed by atoms with van der Waals surface area (Å²) >= 11 is 12.1. The number of benzene rings is 2. The normalized spacial score (nSPS) is 11.2. The monoisotopic (exact) mass is 485 g/mol. The molecule has 0 fully saturated rings. The van der Waals surface area contributed by atoms with E-state index in [1.807, 2.05) is 12.1 Å². The van der Waals surface area contributed by atoms with Gasteiger partial charge in [0.05, 0.1) is 17.1 Å². The van der Waals surface area contributed by atoms with Crippen LogP contribution in [0.3, 0.4) is 0 Å². The number of hydrogen-bond donors (Lipinski definition) is 1. The van der Waals surface area contributed by atoms with E-state index in [2.05, 4.69) is 4.98 Å². The van der Waals surface area contributed by atoms with Gasteiger partial charge in [-0.25, -0.2) is 9.78 Å². The van der Waals surface area contributed by atoms with Gasteiger partial charge in [0.2, 0.25) is 5.88 Å². The van der Waals surface area contributed by atoms with Crippen LogP contribution in [0.5, 0.6) is 11.6 Å². The van der Waals surface area contributed by atoms with Gasteiger partial charge >= 0.3 is 5.69 Å². The van der Waals surface area contributed by atoms with E-state index in [4.69, 9.17) is 27.9 Å². The van der Waals surface area contributed by atoms with Crippen LogP contribution in [0.2, 0.25) is 10.0 Å². The number of hydrogen-bond acceptors (Lipinski definition) is 5. The Morgan fingerprint density at radius 3 is 2.52 bits per heavy atom. The maximum Gasteiger partial charge on any atom is 0.331 e. The van der Waals surface area contributed by atoms with Gasteiger partial charge < -0.3 is 9.84 Å². The van der Waals surface area contributed by atoms with Gasteiger partial charge in [-0.2, -0.15) is 0 Å². The molecule has 0 spiro atoms. The van der Waals surface area contributed by atoms with Crippen molar-refractivity contribution in [2.45, 2.75) is 19.4 Å². The van der Waals surface area contributed by atoms with E-state index in [0.29, 0.717) is 38.7 Å². The Hall–Kier alpha value is -3.13. The number of pyridine rings is 1. The van der Waals surface area contributed by atoms with Crippen LogP contribution in [0.25, 0.3) is 10.9 Å². The highest BCUT2D eigenvalue weighted by Crippen LogP contribution is 2.30. The van der Waals surface area contributed by atoms with E-state index < -0.39 is 11.2 Å².